The van der Waals surface area contributed by atoms with Crippen LogP contribution in [0.3, 0.4) is 0 Å². The molecule has 0 unspecified atom stereocenters. The number of aromatic nitrogens is 2. The van der Waals surface area contributed by atoms with Crippen LogP contribution in [0.4, 0.5) is 6.01 Å². The van der Waals surface area contributed by atoms with Crippen molar-refractivity contribution >= 4 is 23.5 Å². The highest BCUT2D eigenvalue weighted by atomic mass is 35.5. The van der Waals surface area contributed by atoms with Crippen molar-refractivity contribution in [3.63, 3.8) is 0 Å². The van der Waals surface area contributed by atoms with Crippen molar-refractivity contribution < 1.29 is 9.32 Å². The fourth-order valence-electron chi connectivity index (χ4n) is 3.22. The topological polar surface area (TPSA) is 62.5 Å². The van der Waals surface area contributed by atoms with Crippen molar-refractivity contribution in [3.8, 4) is 0 Å². The number of anilines is 1. The van der Waals surface area contributed by atoms with Crippen molar-refractivity contribution in [3.05, 3.63) is 40.7 Å². The first-order valence-corrected chi connectivity index (χ1v) is 9.41. The van der Waals surface area contributed by atoms with E-state index in [-0.39, 0.29) is 5.91 Å². The molecule has 0 radical (unpaired) electrons. The molecule has 0 N–H and O–H groups in total. The predicted molar refractivity (Wildman–Crippen MR) is 101 cm³/mol. The van der Waals surface area contributed by atoms with E-state index in [1.54, 1.807) is 4.90 Å². The highest BCUT2D eigenvalue weighted by Gasteiger charge is 2.23. The number of hydrogen-bond acceptors (Lipinski definition) is 5. The number of amides is 1. The minimum Gasteiger partial charge on any atom is -0.342 e. The summed E-state index contributed by atoms with van der Waals surface area (Å²) >= 11 is 5.89. The van der Waals surface area contributed by atoms with Crippen molar-refractivity contribution in [1.29, 1.82) is 0 Å². The van der Waals surface area contributed by atoms with E-state index in [0.29, 0.717) is 23.4 Å². The minimum absolute atomic E-state index is 0.194. The zero-order valence-electron chi connectivity index (χ0n) is 15.3. The van der Waals surface area contributed by atoms with Crippen LogP contribution in [0, 0.1) is 5.92 Å². The third-order valence-electron chi connectivity index (χ3n) is 4.85. The summed E-state index contributed by atoms with van der Waals surface area (Å²) in [4.78, 5) is 20.6. The summed E-state index contributed by atoms with van der Waals surface area (Å²) in [7, 11) is 3.77. The molecule has 1 aliphatic rings. The van der Waals surface area contributed by atoms with Crippen LogP contribution in [-0.2, 0) is 17.6 Å². The lowest BCUT2D eigenvalue weighted by atomic mass is 9.92. The van der Waals surface area contributed by atoms with Crippen molar-refractivity contribution in [1.82, 2.24) is 15.0 Å². The number of carbonyl (C=O) groups is 1. The zero-order chi connectivity index (χ0) is 18.5. The van der Waals surface area contributed by atoms with Crippen LogP contribution in [0.1, 0.15) is 30.7 Å². The van der Waals surface area contributed by atoms with E-state index in [2.05, 4.69) is 10.1 Å². The van der Waals surface area contributed by atoms with E-state index >= 15 is 0 Å². The maximum absolute atomic E-state index is 12.5. The second-order valence-corrected chi connectivity index (χ2v) is 7.49. The molecule has 6 nitrogen and oxygen atoms in total. The molecular weight excluding hydrogens is 352 g/mol. The second kappa shape index (κ2) is 8.54. The predicted octanol–water partition coefficient (Wildman–Crippen LogP) is 3.20. The molecule has 7 heteroatoms. The summed E-state index contributed by atoms with van der Waals surface area (Å²) in [5, 5.41) is 4.71. The second-order valence-electron chi connectivity index (χ2n) is 7.05. The lowest BCUT2D eigenvalue weighted by molar-refractivity contribution is -0.131. The molecule has 1 saturated heterocycles. The molecule has 0 bridgehead atoms. The molecule has 1 aromatic heterocycles. The fourth-order valence-corrected chi connectivity index (χ4v) is 3.35. The Labute approximate surface area is 159 Å². The first-order valence-electron chi connectivity index (χ1n) is 9.03. The smallest absolute Gasteiger partial charge is 0.323 e. The van der Waals surface area contributed by atoms with Crippen LogP contribution < -0.4 is 4.90 Å². The molecule has 1 aliphatic heterocycles. The van der Waals surface area contributed by atoms with Crippen LogP contribution >= 0.6 is 11.6 Å². The molecule has 0 atom stereocenters. The van der Waals surface area contributed by atoms with Gasteiger partial charge in [-0.2, -0.15) is 4.98 Å². The average molecular weight is 377 g/mol. The van der Waals surface area contributed by atoms with Gasteiger partial charge in [-0.3, -0.25) is 4.79 Å². The first-order chi connectivity index (χ1) is 12.5. The van der Waals surface area contributed by atoms with E-state index in [4.69, 9.17) is 16.1 Å². The highest BCUT2D eigenvalue weighted by Crippen LogP contribution is 2.23. The van der Waals surface area contributed by atoms with Gasteiger partial charge in [-0.15, -0.1) is 0 Å². The largest absolute Gasteiger partial charge is 0.342 e. The number of rotatable bonds is 6. The number of nitrogens with zero attached hydrogens (tertiary/aromatic N) is 4. The molecule has 0 aliphatic carbocycles. The molecule has 0 spiro atoms. The molecule has 2 heterocycles. The maximum Gasteiger partial charge on any atom is 0.323 e. The quantitative estimate of drug-likeness (QED) is 0.774. The van der Waals surface area contributed by atoms with Crippen molar-refractivity contribution in [2.45, 2.75) is 32.1 Å². The van der Waals surface area contributed by atoms with Gasteiger partial charge in [0, 0.05) is 38.6 Å². The average Bonchev–Trinajstić information content (AvgIpc) is 3.12. The van der Waals surface area contributed by atoms with Crippen LogP contribution in [-0.4, -0.2) is 48.1 Å². The number of aryl methyl sites for hydroxylation is 1. The Morgan fingerprint density at radius 1 is 1.27 bits per heavy atom. The molecule has 2 aromatic rings. The van der Waals surface area contributed by atoms with Crippen LogP contribution in [0.15, 0.2) is 28.8 Å². The minimum atomic E-state index is 0.194. The van der Waals surface area contributed by atoms with Gasteiger partial charge in [-0.25, -0.2) is 0 Å². The lowest BCUT2D eigenvalue weighted by Gasteiger charge is -2.32. The summed E-state index contributed by atoms with van der Waals surface area (Å²) in [6, 6.07) is 8.04. The van der Waals surface area contributed by atoms with E-state index < -0.39 is 0 Å². The Balaban J connectivity index is 1.41. The molecule has 140 valence electrons. The molecular formula is C19H25ClN4O2. The van der Waals surface area contributed by atoms with E-state index in [1.165, 1.54) is 0 Å². The zero-order valence-corrected chi connectivity index (χ0v) is 16.1. The SMILES string of the molecule is CN(C)c1nc(CCC2CCN(C(=O)Cc3ccc(Cl)cc3)CC2)no1. The Kier molecular flexibility index (Phi) is 6.14. The van der Waals surface area contributed by atoms with Crippen molar-refractivity contribution in [2.75, 3.05) is 32.1 Å². The van der Waals surface area contributed by atoms with Gasteiger partial charge in [0.25, 0.3) is 0 Å². The summed E-state index contributed by atoms with van der Waals surface area (Å²) in [5.41, 5.74) is 1.01. The first kappa shape index (κ1) is 18.7. The number of likely N-dealkylation sites (tertiary alicyclic amines) is 1. The van der Waals surface area contributed by atoms with E-state index in [9.17, 15) is 4.79 Å². The number of piperidine rings is 1. The van der Waals surface area contributed by atoms with E-state index in [1.807, 2.05) is 43.3 Å². The Morgan fingerprint density at radius 3 is 2.58 bits per heavy atom. The van der Waals surface area contributed by atoms with Crippen molar-refractivity contribution in [2.24, 2.45) is 5.92 Å². The summed E-state index contributed by atoms with van der Waals surface area (Å²) in [5.74, 6) is 1.56. The lowest BCUT2D eigenvalue weighted by Crippen LogP contribution is -2.39. The standard InChI is InChI=1S/C19H25ClN4O2/c1-23(2)19-21-17(22-26-19)8-5-14-9-11-24(12-10-14)18(25)13-15-3-6-16(20)7-4-15/h3-4,6-7,14H,5,8-13H2,1-2H3. The molecule has 1 fully saturated rings. The van der Waals surface area contributed by atoms with Gasteiger partial charge >= 0.3 is 6.01 Å². The molecule has 26 heavy (non-hydrogen) atoms. The maximum atomic E-state index is 12.5. The number of carbonyl (C=O) groups excluding carboxylic acids is 1. The molecule has 1 amide bonds. The Hall–Kier alpha value is -2.08. The third-order valence-corrected chi connectivity index (χ3v) is 5.10. The fraction of sp³-hybridized carbons (Fsp3) is 0.526. The van der Waals surface area contributed by atoms with E-state index in [0.717, 1.165) is 50.2 Å². The summed E-state index contributed by atoms with van der Waals surface area (Å²) in [6.45, 7) is 1.65. The van der Waals surface area contributed by atoms with Gasteiger partial charge in [0.15, 0.2) is 5.82 Å². The molecule has 0 saturated carbocycles. The number of benzene rings is 1. The summed E-state index contributed by atoms with van der Waals surface area (Å²) < 4.78 is 5.18. The van der Waals surface area contributed by atoms with Gasteiger partial charge in [-0.1, -0.05) is 28.9 Å². The van der Waals surface area contributed by atoms with Gasteiger partial charge < -0.3 is 14.3 Å². The van der Waals surface area contributed by atoms with Gasteiger partial charge in [0.2, 0.25) is 5.91 Å². The summed E-state index contributed by atoms with van der Waals surface area (Å²) in [6.07, 6.45) is 4.36. The molecule has 3 rings (SSSR count). The van der Waals surface area contributed by atoms with Gasteiger partial charge in [0.1, 0.15) is 0 Å². The number of halogens is 1. The van der Waals surface area contributed by atoms with Crippen LogP contribution in [0.25, 0.3) is 0 Å². The number of hydrogen-bond donors (Lipinski definition) is 0. The molecule has 1 aromatic carbocycles. The van der Waals surface area contributed by atoms with Crippen LogP contribution in [0.2, 0.25) is 5.02 Å². The van der Waals surface area contributed by atoms with Crippen LogP contribution in [0.5, 0.6) is 0 Å². The highest BCUT2D eigenvalue weighted by molar-refractivity contribution is 6.30. The monoisotopic (exact) mass is 376 g/mol. The third kappa shape index (κ3) is 4.97. The Morgan fingerprint density at radius 2 is 1.96 bits per heavy atom. The van der Waals surface area contributed by atoms with Gasteiger partial charge in [0.05, 0.1) is 6.42 Å². The Bertz CT molecular complexity index is 721. The normalized spacial score (nSPS) is 15.3. The van der Waals surface area contributed by atoms with Gasteiger partial charge in [-0.05, 0) is 42.9 Å².